The summed E-state index contributed by atoms with van der Waals surface area (Å²) in [5, 5.41) is 6.94. The second kappa shape index (κ2) is 5.09. The molecule has 1 amide bonds. The molecule has 19 heavy (non-hydrogen) atoms. The summed E-state index contributed by atoms with van der Waals surface area (Å²) in [6, 6.07) is 3.66. The van der Waals surface area contributed by atoms with Gasteiger partial charge in [0.2, 0.25) is 5.91 Å². The minimum absolute atomic E-state index is 0.124. The van der Waals surface area contributed by atoms with Gasteiger partial charge < -0.3 is 11.1 Å². The lowest BCUT2D eigenvalue weighted by Gasteiger charge is -2.06. The Labute approximate surface area is 111 Å². The van der Waals surface area contributed by atoms with Crippen molar-refractivity contribution in [1.29, 1.82) is 0 Å². The molecule has 0 aliphatic heterocycles. The highest BCUT2D eigenvalue weighted by Crippen LogP contribution is 2.14. The summed E-state index contributed by atoms with van der Waals surface area (Å²) in [7, 11) is 0. The van der Waals surface area contributed by atoms with Crippen molar-refractivity contribution in [1.82, 2.24) is 14.8 Å². The number of rotatable bonds is 3. The Morgan fingerprint density at radius 3 is 2.63 bits per heavy atom. The predicted molar refractivity (Wildman–Crippen MR) is 73.7 cm³/mol. The van der Waals surface area contributed by atoms with E-state index < -0.39 is 0 Å². The molecule has 0 saturated carbocycles. The number of nitrogens with one attached hydrogen (secondary N) is 1. The number of nitrogens with two attached hydrogens (primary N) is 1. The number of nitrogen functional groups attached to an aromatic ring is 1. The highest BCUT2D eigenvalue weighted by molar-refractivity contribution is 5.89. The number of anilines is 2. The van der Waals surface area contributed by atoms with Crippen molar-refractivity contribution in [2.24, 2.45) is 0 Å². The van der Waals surface area contributed by atoms with Crippen molar-refractivity contribution in [3.8, 4) is 0 Å². The van der Waals surface area contributed by atoms with Crippen LogP contribution in [0.2, 0.25) is 0 Å². The molecule has 0 aromatic carbocycles. The highest BCUT2D eigenvalue weighted by atomic mass is 16.2. The minimum atomic E-state index is -0.179. The minimum Gasteiger partial charge on any atom is -0.396 e. The van der Waals surface area contributed by atoms with Crippen LogP contribution in [-0.2, 0) is 11.3 Å². The number of carbonyl (C=O) groups is 1. The topological polar surface area (TPSA) is 85.8 Å². The van der Waals surface area contributed by atoms with Crippen LogP contribution in [0.4, 0.5) is 11.5 Å². The molecule has 0 fully saturated rings. The molecule has 2 aromatic rings. The number of amides is 1. The Kier molecular flexibility index (Phi) is 3.50. The first kappa shape index (κ1) is 13.1. The average molecular weight is 259 g/mol. The Balaban J connectivity index is 2.05. The van der Waals surface area contributed by atoms with Gasteiger partial charge in [0.25, 0.3) is 0 Å². The van der Waals surface area contributed by atoms with Gasteiger partial charge in [-0.25, -0.2) is 4.98 Å². The van der Waals surface area contributed by atoms with Crippen LogP contribution in [0.15, 0.2) is 18.3 Å². The Morgan fingerprint density at radius 1 is 1.37 bits per heavy atom. The number of hydrogen-bond donors (Lipinski definition) is 2. The monoisotopic (exact) mass is 259 g/mol. The molecule has 6 heteroatoms. The maximum Gasteiger partial charge on any atom is 0.247 e. The molecule has 0 radical (unpaired) electrons. The van der Waals surface area contributed by atoms with Crippen molar-refractivity contribution < 1.29 is 4.79 Å². The van der Waals surface area contributed by atoms with Crippen LogP contribution in [0.3, 0.4) is 0 Å². The Bertz CT molecular complexity index is 600. The lowest BCUT2D eigenvalue weighted by molar-refractivity contribution is -0.117. The molecule has 2 rings (SSSR count). The number of nitrogens with zero attached hydrogens (tertiary/aromatic N) is 3. The fourth-order valence-corrected chi connectivity index (χ4v) is 1.72. The van der Waals surface area contributed by atoms with E-state index in [9.17, 15) is 4.79 Å². The third-order valence-corrected chi connectivity index (χ3v) is 2.91. The van der Waals surface area contributed by atoms with E-state index in [1.165, 1.54) is 0 Å². The molecular formula is C13H17N5O. The zero-order chi connectivity index (χ0) is 14.0. The number of pyridine rings is 1. The summed E-state index contributed by atoms with van der Waals surface area (Å²) in [6.45, 7) is 5.72. The summed E-state index contributed by atoms with van der Waals surface area (Å²) < 4.78 is 1.59. The molecule has 0 saturated heterocycles. The van der Waals surface area contributed by atoms with E-state index in [4.69, 9.17) is 5.73 Å². The normalized spacial score (nSPS) is 10.5. The molecule has 3 N–H and O–H groups in total. The fourth-order valence-electron chi connectivity index (χ4n) is 1.72. The molecule has 2 aromatic heterocycles. The van der Waals surface area contributed by atoms with Crippen molar-refractivity contribution in [3.63, 3.8) is 0 Å². The number of carbonyl (C=O) groups excluding carboxylic acids is 1. The first-order valence-electron chi connectivity index (χ1n) is 5.99. The second-order valence-electron chi connectivity index (χ2n) is 4.51. The summed E-state index contributed by atoms with van der Waals surface area (Å²) in [6.07, 6.45) is 1.71. The summed E-state index contributed by atoms with van der Waals surface area (Å²) >= 11 is 0. The third-order valence-electron chi connectivity index (χ3n) is 2.91. The van der Waals surface area contributed by atoms with Gasteiger partial charge in [-0.05, 0) is 32.4 Å². The number of aryl methyl sites for hydroxylation is 2. The maximum atomic E-state index is 11.9. The molecule has 6 nitrogen and oxygen atoms in total. The van der Waals surface area contributed by atoms with Crippen LogP contribution in [0.1, 0.15) is 17.0 Å². The van der Waals surface area contributed by atoms with Crippen LogP contribution >= 0.6 is 0 Å². The largest absolute Gasteiger partial charge is 0.396 e. The fraction of sp³-hybridized carbons (Fsp3) is 0.308. The van der Waals surface area contributed by atoms with Gasteiger partial charge in [0.1, 0.15) is 12.4 Å². The van der Waals surface area contributed by atoms with Crippen LogP contribution in [0, 0.1) is 20.8 Å². The molecule has 2 heterocycles. The summed E-state index contributed by atoms with van der Waals surface area (Å²) in [5.74, 6) is 0.354. The van der Waals surface area contributed by atoms with E-state index in [0.717, 1.165) is 17.0 Å². The van der Waals surface area contributed by atoms with E-state index in [0.29, 0.717) is 11.5 Å². The predicted octanol–water partition coefficient (Wildman–Crippen LogP) is 1.42. The SMILES string of the molecule is Cc1ccc(NC(=O)Cn2nc(C)c(N)c2C)nc1. The Hall–Kier alpha value is -2.37. The smallest absolute Gasteiger partial charge is 0.247 e. The van der Waals surface area contributed by atoms with Crippen molar-refractivity contribution in [2.75, 3.05) is 11.1 Å². The first-order chi connectivity index (χ1) is 8.97. The Morgan fingerprint density at radius 2 is 2.11 bits per heavy atom. The van der Waals surface area contributed by atoms with Crippen LogP contribution in [0.5, 0.6) is 0 Å². The van der Waals surface area contributed by atoms with Crippen LogP contribution in [0.25, 0.3) is 0 Å². The quantitative estimate of drug-likeness (QED) is 0.873. The molecule has 0 unspecified atom stereocenters. The van der Waals surface area contributed by atoms with E-state index in [2.05, 4.69) is 15.4 Å². The van der Waals surface area contributed by atoms with Gasteiger partial charge in [0.05, 0.1) is 17.1 Å². The number of aromatic nitrogens is 3. The molecule has 0 spiro atoms. The molecule has 0 aliphatic carbocycles. The van der Waals surface area contributed by atoms with Gasteiger partial charge >= 0.3 is 0 Å². The molecule has 0 aliphatic rings. The van der Waals surface area contributed by atoms with E-state index >= 15 is 0 Å². The van der Waals surface area contributed by atoms with Gasteiger partial charge in [-0.2, -0.15) is 5.10 Å². The van der Waals surface area contributed by atoms with Gasteiger partial charge in [0, 0.05) is 6.20 Å². The molecule has 0 bridgehead atoms. The average Bonchev–Trinajstić information content (AvgIpc) is 2.60. The molecular weight excluding hydrogens is 242 g/mol. The van der Waals surface area contributed by atoms with Crippen molar-refractivity contribution in [3.05, 3.63) is 35.3 Å². The zero-order valence-electron chi connectivity index (χ0n) is 11.3. The first-order valence-corrected chi connectivity index (χ1v) is 5.99. The molecule has 100 valence electrons. The second-order valence-corrected chi connectivity index (χ2v) is 4.51. The van der Waals surface area contributed by atoms with E-state index in [1.54, 1.807) is 16.9 Å². The highest BCUT2D eigenvalue weighted by Gasteiger charge is 2.11. The standard InChI is InChI=1S/C13H17N5O/c1-8-4-5-11(15-6-8)16-12(19)7-18-10(3)13(14)9(2)17-18/h4-6H,7,14H2,1-3H3,(H,15,16,19). The summed E-state index contributed by atoms with van der Waals surface area (Å²) in [4.78, 5) is 16.0. The molecule has 0 atom stereocenters. The lowest BCUT2D eigenvalue weighted by atomic mass is 10.3. The number of hydrogen-bond acceptors (Lipinski definition) is 4. The van der Waals surface area contributed by atoms with Gasteiger partial charge in [-0.15, -0.1) is 0 Å². The maximum absolute atomic E-state index is 11.9. The van der Waals surface area contributed by atoms with Crippen molar-refractivity contribution in [2.45, 2.75) is 27.3 Å². The lowest BCUT2D eigenvalue weighted by Crippen LogP contribution is -2.20. The van der Waals surface area contributed by atoms with E-state index in [-0.39, 0.29) is 12.5 Å². The van der Waals surface area contributed by atoms with Crippen LogP contribution in [-0.4, -0.2) is 20.7 Å². The van der Waals surface area contributed by atoms with Gasteiger partial charge in [0.15, 0.2) is 0 Å². The third kappa shape index (κ3) is 2.90. The van der Waals surface area contributed by atoms with Crippen molar-refractivity contribution >= 4 is 17.4 Å². The van der Waals surface area contributed by atoms with Gasteiger partial charge in [-0.1, -0.05) is 6.07 Å². The van der Waals surface area contributed by atoms with E-state index in [1.807, 2.05) is 26.8 Å². The zero-order valence-corrected chi connectivity index (χ0v) is 11.3. The van der Waals surface area contributed by atoms with Gasteiger partial charge in [-0.3, -0.25) is 9.48 Å². The summed E-state index contributed by atoms with van der Waals surface area (Å²) in [5.41, 5.74) is 9.02. The van der Waals surface area contributed by atoms with Crippen LogP contribution < -0.4 is 11.1 Å².